The van der Waals surface area contributed by atoms with Crippen molar-refractivity contribution in [2.75, 3.05) is 32.3 Å². The monoisotopic (exact) mass is 754 g/mol. The van der Waals surface area contributed by atoms with Crippen molar-refractivity contribution < 1.29 is 37.3 Å². The zero-order valence-corrected chi connectivity index (χ0v) is 32.6. The Labute approximate surface area is 306 Å². The minimum Gasteiger partial charge on any atom is -0.459 e. The zero-order chi connectivity index (χ0) is 37.5. The van der Waals surface area contributed by atoms with E-state index in [2.05, 4.69) is 50.9 Å². The summed E-state index contributed by atoms with van der Waals surface area (Å²) in [4.78, 5) is 28.5. The van der Waals surface area contributed by atoms with Crippen LogP contribution in [0.1, 0.15) is 57.2 Å². The van der Waals surface area contributed by atoms with E-state index < -0.39 is 31.4 Å². The molecular weight excluding hydrogens is 711 g/mol. The number of carbonyl (C=O) groups excluding carboxylic acids is 1. The second kappa shape index (κ2) is 14.8. The number of nitrogens with zero attached hydrogens (tertiary/aromatic N) is 5. The van der Waals surface area contributed by atoms with Crippen molar-refractivity contribution >= 4 is 51.5 Å². The van der Waals surface area contributed by atoms with E-state index in [9.17, 15) is 10.1 Å². The van der Waals surface area contributed by atoms with Crippen molar-refractivity contribution in [2.45, 2.75) is 97.2 Å². The number of rotatable bonds is 11. The molecule has 6 rings (SSSR count). The largest absolute Gasteiger partial charge is 0.459 e. The number of hydrogen-bond acceptors (Lipinski definition) is 12. The second-order valence-electron chi connectivity index (χ2n) is 15.4. The molecule has 4 aromatic rings. The van der Waals surface area contributed by atoms with Gasteiger partial charge in [0.25, 0.3) is 0 Å². The molecule has 1 amide bonds. The Hall–Kier alpha value is -4.01. The van der Waals surface area contributed by atoms with E-state index in [1.54, 1.807) is 20.8 Å². The summed E-state index contributed by atoms with van der Waals surface area (Å²) in [7, 11) is 0.678. The van der Waals surface area contributed by atoms with Gasteiger partial charge in [-0.3, -0.25) is 15.2 Å². The summed E-state index contributed by atoms with van der Waals surface area (Å²) in [6.07, 6.45) is 1.79. The Morgan fingerprint density at radius 1 is 1.21 bits per heavy atom. The van der Waals surface area contributed by atoms with Gasteiger partial charge in [-0.1, -0.05) is 19.6 Å². The minimum absolute atomic E-state index is 0.00164. The molecule has 0 bridgehead atoms. The van der Waals surface area contributed by atoms with Crippen molar-refractivity contribution in [3.63, 3.8) is 0 Å². The molecule has 278 valence electrons. The molecule has 0 spiro atoms. The number of nitrogens with one attached hydrogen (secondary N) is 1. The first-order valence-corrected chi connectivity index (χ1v) is 21.8. The van der Waals surface area contributed by atoms with Crippen molar-refractivity contribution in [3.8, 4) is 29.2 Å². The molecule has 0 aliphatic carbocycles. The Balaban J connectivity index is 1.50. The van der Waals surface area contributed by atoms with Gasteiger partial charge in [-0.2, -0.15) is 15.2 Å². The molecule has 1 N–H and O–H groups in total. The molecule has 12 nitrogen and oxygen atoms in total. The van der Waals surface area contributed by atoms with Crippen LogP contribution in [0.25, 0.3) is 32.2 Å². The Kier molecular flexibility index (Phi) is 10.7. The van der Waals surface area contributed by atoms with E-state index in [0.29, 0.717) is 23.1 Å². The van der Waals surface area contributed by atoms with E-state index >= 15 is 8.78 Å². The fourth-order valence-corrected chi connectivity index (χ4v) is 8.34. The van der Waals surface area contributed by atoms with Gasteiger partial charge in [0.05, 0.1) is 40.8 Å². The van der Waals surface area contributed by atoms with Crippen LogP contribution in [0.5, 0.6) is 11.9 Å². The molecule has 0 unspecified atom stereocenters. The molecule has 2 aliphatic heterocycles. The molecular formula is C36H44F2N6O6SSi. The molecule has 2 atom stereocenters. The number of ether oxygens (including phenoxy) is 5. The van der Waals surface area contributed by atoms with Crippen molar-refractivity contribution in [1.29, 1.82) is 5.26 Å². The van der Waals surface area contributed by atoms with Crippen LogP contribution in [0.4, 0.5) is 18.6 Å². The summed E-state index contributed by atoms with van der Waals surface area (Å²) in [5.74, 6) is -1.44. The number of carbonyl (C=O) groups is 1. The van der Waals surface area contributed by atoms with Crippen molar-refractivity contribution in [3.05, 3.63) is 34.5 Å². The number of benzene rings is 1. The maximum atomic E-state index is 17.3. The summed E-state index contributed by atoms with van der Waals surface area (Å²) >= 11 is 0.835. The maximum Gasteiger partial charge on any atom is 0.412 e. The Morgan fingerprint density at radius 2 is 1.96 bits per heavy atom. The quantitative estimate of drug-likeness (QED) is 0.0905. The van der Waals surface area contributed by atoms with Gasteiger partial charge in [0, 0.05) is 31.7 Å². The van der Waals surface area contributed by atoms with Crippen LogP contribution in [-0.4, -0.2) is 78.8 Å². The van der Waals surface area contributed by atoms with Gasteiger partial charge in [0.15, 0.2) is 18.4 Å². The average molecular weight is 755 g/mol. The molecule has 16 heteroatoms. The summed E-state index contributed by atoms with van der Waals surface area (Å²) in [6, 6.07) is 3.04. The van der Waals surface area contributed by atoms with Gasteiger partial charge in [0.2, 0.25) is 5.88 Å². The van der Waals surface area contributed by atoms with Crippen LogP contribution < -0.4 is 14.8 Å². The standard InChI is InChI=1S/C36H44F2N6O6SSi/c1-19(24-10-9-11-44(24)5)49-34-41-30-27(32(42-34)48-18-46-12-13-52(6,7)8)22-17-47-16-21(22)25(28(30)38)29-26-20(14-39)33(43-35(45)50-36(2,3)4)51-31(26)23(37)15-40-29/h15,19,24H,9-13,16-18H2,1-8H3,(H,43,45)/t19-,24-/m0/s1. The molecule has 3 aromatic heterocycles. The van der Waals surface area contributed by atoms with Crippen LogP contribution in [0, 0.1) is 23.0 Å². The number of likely N-dealkylation sites (tertiary alicyclic amines) is 1. The SMILES string of the molecule is C[C@H](Oc1nc(OCOCC[Si](C)(C)C)c2c3c(c(-c4ncc(F)c5sc(NC(=O)OC(C)(C)C)c(C#N)c45)c(F)c2n1)COC3)[C@@H]1CCCN1C. The number of fused-ring (bicyclic) bond motifs is 4. The predicted octanol–water partition coefficient (Wildman–Crippen LogP) is 7.99. The number of likely N-dealkylation sites (N-methyl/N-ethyl adjacent to an activating group) is 1. The van der Waals surface area contributed by atoms with Crippen LogP contribution in [0.3, 0.4) is 0 Å². The third kappa shape index (κ3) is 7.84. The van der Waals surface area contributed by atoms with Gasteiger partial charge < -0.3 is 23.7 Å². The molecule has 1 saturated heterocycles. The zero-order valence-electron chi connectivity index (χ0n) is 30.7. The first-order valence-electron chi connectivity index (χ1n) is 17.3. The lowest BCUT2D eigenvalue weighted by Gasteiger charge is -2.26. The smallest absolute Gasteiger partial charge is 0.412 e. The molecule has 0 radical (unpaired) electrons. The van der Waals surface area contributed by atoms with Gasteiger partial charge >= 0.3 is 12.1 Å². The summed E-state index contributed by atoms with van der Waals surface area (Å²) in [5.41, 5.74) is -0.00804. The van der Waals surface area contributed by atoms with E-state index in [-0.39, 0.29) is 81.5 Å². The average Bonchev–Trinajstić information content (AvgIpc) is 3.79. The third-order valence-electron chi connectivity index (χ3n) is 9.06. The van der Waals surface area contributed by atoms with Gasteiger partial charge in [-0.25, -0.2) is 13.6 Å². The first-order chi connectivity index (χ1) is 24.6. The van der Waals surface area contributed by atoms with Gasteiger partial charge in [0.1, 0.15) is 28.3 Å². The highest BCUT2D eigenvalue weighted by molar-refractivity contribution is 7.23. The first kappa shape index (κ1) is 37.7. The fraction of sp³-hybridized carbons (Fsp3) is 0.528. The third-order valence-corrected chi connectivity index (χ3v) is 11.9. The van der Waals surface area contributed by atoms with Crippen molar-refractivity contribution in [2.24, 2.45) is 0 Å². The van der Waals surface area contributed by atoms with Gasteiger partial charge in [-0.15, -0.1) is 11.3 Å². The van der Waals surface area contributed by atoms with E-state index in [1.807, 2.05) is 14.0 Å². The van der Waals surface area contributed by atoms with Crippen LogP contribution in [-0.2, 0) is 27.4 Å². The maximum absolute atomic E-state index is 17.3. The number of thiophene rings is 1. The lowest BCUT2D eigenvalue weighted by atomic mass is 9.93. The topological polar surface area (TPSA) is 141 Å². The minimum atomic E-state index is -1.35. The lowest BCUT2D eigenvalue weighted by Crippen LogP contribution is -2.38. The number of halogens is 2. The van der Waals surface area contributed by atoms with Crippen molar-refractivity contribution in [1.82, 2.24) is 19.9 Å². The highest BCUT2D eigenvalue weighted by Gasteiger charge is 2.34. The van der Waals surface area contributed by atoms with E-state index in [4.69, 9.17) is 23.7 Å². The van der Waals surface area contributed by atoms with Crippen LogP contribution >= 0.6 is 11.3 Å². The molecule has 5 heterocycles. The normalized spacial score (nSPS) is 17.0. The molecule has 2 aliphatic rings. The second-order valence-corrected chi connectivity index (χ2v) is 22.0. The van der Waals surface area contributed by atoms with E-state index in [1.165, 1.54) is 0 Å². The molecule has 1 fully saturated rings. The predicted molar refractivity (Wildman–Crippen MR) is 196 cm³/mol. The molecule has 52 heavy (non-hydrogen) atoms. The Morgan fingerprint density at radius 3 is 2.63 bits per heavy atom. The number of nitriles is 1. The summed E-state index contributed by atoms with van der Waals surface area (Å²) in [5, 5.41) is 13.3. The number of aromatic nitrogens is 3. The fourth-order valence-electron chi connectivity index (χ4n) is 6.54. The van der Waals surface area contributed by atoms with Crippen LogP contribution in [0.15, 0.2) is 6.20 Å². The highest BCUT2D eigenvalue weighted by Crippen LogP contribution is 2.47. The molecule has 1 aromatic carbocycles. The number of anilines is 1. The Bertz CT molecular complexity index is 2060. The lowest BCUT2D eigenvalue weighted by molar-refractivity contribution is 0.0194. The number of amides is 1. The number of pyridine rings is 1. The van der Waals surface area contributed by atoms with Gasteiger partial charge in [-0.05, 0) is 71.3 Å². The summed E-state index contributed by atoms with van der Waals surface area (Å²) in [6.45, 7) is 15.2. The molecule has 0 saturated carbocycles. The number of hydrogen-bond donors (Lipinski definition) is 1. The highest BCUT2D eigenvalue weighted by atomic mass is 32.1. The van der Waals surface area contributed by atoms with E-state index in [0.717, 1.165) is 43.0 Å². The summed E-state index contributed by atoms with van der Waals surface area (Å²) < 4.78 is 62.1. The van der Waals surface area contributed by atoms with Crippen LogP contribution in [0.2, 0.25) is 25.7 Å².